The first kappa shape index (κ1) is 22.0. The summed E-state index contributed by atoms with van der Waals surface area (Å²) in [5.41, 5.74) is 0. The Bertz CT molecular complexity index is 722. The van der Waals surface area contributed by atoms with Gasteiger partial charge in [0.2, 0.25) is 23.8 Å². The van der Waals surface area contributed by atoms with E-state index in [-0.39, 0.29) is 11.8 Å². The highest BCUT2D eigenvalue weighted by Crippen LogP contribution is 2.28. The van der Waals surface area contributed by atoms with Gasteiger partial charge in [0.25, 0.3) is 0 Å². The van der Waals surface area contributed by atoms with Crippen LogP contribution in [0.3, 0.4) is 0 Å². The minimum absolute atomic E-state index is 0.145. The van der Waals surface area contributed by atoms with Crippen molar-refractivity contribution in [3.8, 4) is 0 Å². The summed E-state index contributed by atoms with van der Waals surface area (Å²) in [6.45, 7) is 3.86. The summed E-state index contributed by atoms with van der Waals surface area (Å²) in [6.07, 6.45) is 9.87. The Labute approximate surface area is 185 Å². The molecular formula is C22H38N8O. The Balaban J connectivity index is 1.30. The summed E-state index contributed by atoms with van der Waals surface area (Å²) in [6, 6.07) is 0.696. The van der Waals surface area contributed by atoms with Crippen LogP contribution in [-0.2, 0) is 4.79 Å². The summed E-state index contributed by atoms with van der Waals surface area (Å²) < 4.78 is 0. The Morgan fingerprint density at radius 1 is 0.839 bits per heavy atom. The third-order valence-electron chi connectivity index (χ3n) is 7.02. The van der Waals surface area contributed by atoms with Gasteiger partial charge in [-0.3, -0.25) is 4.79 Å². The molecule has 1 aromatic heterocycles. The van der Waals surface area contributed by atoms with E-state index in [0.717, 1.165) is 70.7 Å². The quantitative estimate of drug-likeness (QED) is 0.631. The summed E-state index contributed by atoms with van der Waals surface area (Å²) in [7, 11) is 3.98. The lowest BCUT2D eigenvalue weighted by molar-refractivity contribution is -0.126. The van der Waals surface area contributed by atoms with E-state index in [2.05, 4.69) is 42.8 Å². The molecule has 0 atom stereocenters. The molecule has 1 aliphatic heterocycles. The third kappa shape index (κ3) is 5.96. The number of hydrogen-bond donors (Lipinski definition) is 3. The van der Waals surface area contributed by atoms with E-state index in [1.54, 1.807) is 0 Å². The first-order valence-corrected chi connectivity index (χ1v) is 12.0. The number of hydrogen-bond acceptors (Lipinski definition) is 8. The minimum atomic E-state index is 0.145. The first-order chi connectivity index (χ1) is 15.1. The molecule has 4 rings (SSSR count). The number of carbonyl (C=O) groups excluding carboxylic acids is 1. The fraction of sp³-hybridized carbons (Fsp3) is 0.818. The molecule has 0 bridgehead atoms. The fourth-order valence-electron chi connectivity index (χ4n) is 4.94. The van der Waals surface area contributed by atoms with E-state index >= 15 is 0 Å². The van der Waals surface area contributed by atoms with E-state index in [0.29, 0.717) is 24.0 Å². The number of likely N-dealkylation sites (N-methyl/N-ethyl adjacent to an activating group) is 1. The van der Waals surface area contributed by atoms with Crippen LogP contribution in [0.2, 0.25) is 0 Å². The molecule has 1 saturated heterocycles. The van der Waals surface area contributed by atoms with Crippen molar-refractivity contribution in [2.75, 3.05) is 55.8 Å². The minimum Gasteiger partial charge on any atom is -0.357 e. The van der Waals surface area contributed by atoms with Gasteiger partial charge in [0.15, 0.2) is 0 Å². The van der Waals surface area contributed by atoms with Crippen molar-refractivity contribution >= 4 is 23.8 Å². The average Bonchev–Trinajstić information content (AvgIpc) is 2.80. The molecular weight excluding hydrogens is 392 g/mol. The molecule has 0 spiro atoms. The SMILES string of the molecule is CNc1nc(NC2CCC(C(=O)NC3CCCCC3)CC2)nc(N2CCN(C)CC2)n1. The van der Waals surface area contributed by atoms with Crippen molar-refractivity contribution in [2.45, 2.75) is 69.9 Å². The standard InChI is InChI=1S/C22H38N8O/c1-23-20-26-21(28-22(27-20)30-14-12-29(2)13-15-30)25-18-10-8-16(9-11-18)19(31)24-17-6-4-3-5-7-17/h16-18H,3-15H2,1-2H3,(H,24,31)(H2,23,25,26,27,28). The third-order valence-corrected chi connectivity index (χ3v) is 7.02. The van der Waals surface area contributed by atoms with E-state index in [1.165, 1.54) is 19.3 Å². The summed E-state index contributed by atoms with van der Waals surface area (Å²) in [4.78, 5) is 31.0. The number of nitrogens with one attached hydrogen (secondary N) is 3. The molecule has 2 saturated carbocycles. The Kier molecular flexibility index (Phi) is 7.42. The lowest BCUT2D eigenvalue weighted by atomic mass is 9.85. The van der Waals surface area contributed by atoms with E-state index in [9.17, 15) is 4.79 Å². The van der Waals surface area contributed by atoms with Crippen LogP contribution in [0.15, 0.2) is 0 Å². The van der Waals surface area contributed by atoms with Crippen molar-refractivity contribution in [1.29, 1.82) is 0 Å². The Hall–Kier alpha value is -2.16. The highest BCUT2D eigenvalue weighted by molar-refractivity contribution is 5.79. The van der Waals surface area contributed by atoms with Crippen LogP contribution in [-0.4, -0.2) is 78.1 Å². The number of nitrogens with zero attached hydrogens (tertiary/aromatic N) is 5. The zero-order valence-corrected chi connectivity index (χ0v) is 19.1. The second-order valence-corrected chi connectivity index (χ2v) is 9.36. The van der Waals surface area contributed by atoms with Crippen LogP contribution >= 0.6 is 0 Å². The van der Waals surface area contributed by atoms with Crippen LogP contribution in [0.5, 0.6) is 0 Å². The predicted molar refractivity (Wildman–Crippen MR) is 123 cm³/mol. The lowest BCUT2D eigenvalue weighted by Gasteiger charge is -2.33. The maximum absolute atomic E-state index is 12.7. The van der Waals surface area contributed by atoms with Crippen LogP contribution in [0.1, 0.15) is 57.8 Å². The number of anilines is 3. The first-order valence-electron chi connectivity index (χ1n) is 12.0. The van der Waals surface area contributed by atoms with Gasteiger partial charge in [-0.1, -0.05) is 19.3 Å². The monoisotopic (exact) mass is 430 g/mol. The number of piperazine rings is 1. The zero-order valence-electron chi connectivity index (χ0n) is 19.1. The van der Waals surface area contributed by atoms with Gasteiger partial charge in [-0.05, 0) is 45.6 Å². The van der Waals surface area contributed by atoms with E-state index < -0.39 is 0 Å². The molecule has 31 heavy (non-hydrogen) atoms. The van der Waals surface area contributed by atoms with Gasteiger partial charge in [-0.2, -0.15) is 15.0 Å². The molecule has 1 amide bonds. The van der Waals surface area contributed by atoms with Gasteiger partial charge in [-0.25, -0.2) is 0 Å². The molecule has 3 fully saturated rings. The predicted octanol–water partition coefficient (Wildman–Crippen LogP) is 2.08. The Morgan fingerprint density at radius 3 is 2.19 bits per heavy atom. The van der Waals surface area contributed by atoms with Gasteiger partial charge < -0.3 is 25.8 Å². The second-order valence-electron chi connectivity index (χ2n) is 9.36. The van der Waals surface area contributed by atoms with Gasteiger partial charge in [0, 0.05) is 51.2 Å². The normalized spacial score (nSPS) is 25.8. The van der Waals surface area contributed by atoms with E-state index in [1.807, 2.05) is 7.05 Å². The average molecular weight is 431 g/mol. The highest BCUT2D eigenvalue weighted by Gasteiger charge is 2.28. The van der Waals surface area contributed by atoms with Crippen molar-refractivity contribution in [3.05, 3.63) is 0 Å². The van der Waals surface area contributed by atoms with E-state index in [4.69, 9.17) is 4.98 Å². The summed E-state index contributed by atoms with van der Waals surface area (Å²) in [5.74, 6) is 2.36. The molecule has 2 aliphatic carbocycles. The van der Waals surface area contributed by atoms with Crippen molar-refractivity contribution in [3.63, 3.8) is 0 Å². The molecule has 172 valence electrons. The highest BCUT2D eigenvalue weighted by atomic mass is 16.1. The Morgan fingerprint density at radius 2 is 1.52 bits per heavy atom. The molecule has 9 heteroatoms. The molecule has 0 aromatic carbocycles. The van der Waals surface area contributed by atoms with Crippen molar-refractivity contribution in [2.24, 2.45) is 5.92 Å². The number of amides is 1. The van der Waals surface area contributed by atoms with Crippen molar-refractivity contribution < 1.29 is 4.79 Å². The van der Waals surface area contributed by atoms with Gasteiger partial charge >= 0.3 is 0 Å². The van der Waals surface area contributed by atoms with Crippen LogP contribution < -0.4 is 20.9 Å². The summed E-state index contributed by atoms with van der Waals surface area (Å²) in [5, 5.41) is 9.88. The zero-order chi connectivity index (χ0) is 21.6. The van der Waals surface area contributed by atoms with Gasteiger partial charge in [0.05, 0.1) is 0 Å². The van der Waals surface area contributed by atoms with Gasteiger partial charge in [0.1, 0.15) is 0 Å². The number of rotatable bonds is 6. The lowest BCUT2D eigenvalue weighted by Crippen LogP contribution is -2.45. The molecule has 0 radical (unpaired) electrons. The van der Waals surface area contributed by atoms with Crippen molar-refractivity contribution in [1.82, 2.24) is 25.2 Å². The molecule has 9 nitrogen and oxygen atoms in total. The molecule has 3 N–H and O–H groups in total. The van der Waals surface area contributed by atoms with Gasteiger partial charge in [-0.15, -0.1) is 0 Å². The van der Waals surface area contributed by atoms with Crippen LogP contribution in [0.4, 0.5) is 17.8 Å². The second kappa shape index (κ2) is 10.4. The maximum Gasteiger partial charge on any atom is 0.232 e. The van der Waals surface area contributed by atoms with Crippen LogP contribution in [0.25, 0.3) is 0 Å². The fourth-order valence-corrected chi connectivity index (χ4v) is 4.94. The number of carbonyl (C=O) groups is 1. The maximum atomic E-state index is 12.7. The molecule has 3 aliphatic rings. The largest absolute Gasteiger partial charge is 0.357 e. The number of aromatic nitrogens is 3. The molecule has 1 aromatic rings. The van der Waals surface area contributed by atoms with Crippen LogP contribution in [0, 0.1) is 5.92 Å². The summed E-state index contributed by atoms with van der Waals surface area (Å²) >= 11 is 0. The topological polar surface area (TPSA) is 98.3 Å². The smallest absolute Gasteiger partial charge is 0.232 e. The molecule has 0 unspecified atom stereocenters. The molecule has 2 heterocycles.